The molecule has 3 rings (SSSR count). The van der Waals surface area contributed by atoms with Gasteiger partial charge in [0.15, 0.2) is 0 Å². The summed E-state index contributed by atoms with van der Waals surface area (Å²) in [7, 11) is 0. The minimum absolute atomic E-state index is 0.0761. The van der Waals surface area contributed by atoms with Crippen molar-refractivity contribution in [2.24, 2.45) is 0 Å². The molecule has 0 fully saturated rings. The summed E-state index contributed by atoms with van der Waals surface area (Å²) in [5.41, 5.74) is 3.99. The predicted octanol–water partition coefficient (Wildman–Crippen LogP) is 4.17. The molecule has 1 heterocycles. The number of benzene rings is 2. The first-order valence-electron chi connectivity index (χ1n) is 6.74. The van der Waals surface area contributed by atoms with Crippen molar-refractivity contribution in [3.63, 3.8) is 0 Å². The van der Waals surface area contributed by atoms with Gasteiger partial charge in [0.1, 0.15) is 0 Å². The van der Waals surface area contributed by atoms with Crippen molar-refractivity contribution in [2.45, 2.75) is 13.5 Å². The van der Waals surface area contributed by atoms with Crippen LogP contribution >= 0.6 is 15.9 Å². The lowest BCUT2D eigenvalue weighted by molar-refractivity contribution is 0.0950. The van der Waals surface area contributed by atoms with E-state index < -0.39 is 0 Å². The second-order valence-corrected chi connectivity index (χ2v) is 5.89. The topological polar surface area (TPSA) is 44.9 Å². The summed E-state index contributed by atoms with van der Waals surface area (Å²) in [6, 6.07) is 15.7. The highest BCUT2D eigenvalue weighted by molar-refractivity contribution is 9.10. The van der Waals surface area contributed by atoms with E-state index in [1.54, 1.807) is 6.07 Å². The number of rotatable bonds is 3. The maximum Gasteiger partial charge on any atom is 0.252 e. The van der Waals surface area contributed by atoms with Gasteiger partial charge in [0.05, 0.1) is 5.56 Å². The first-order valence-corrected chi connectivity index (χ1v) is 7.54. The summed E-state index contributed by atoms with van der Waals surface area (Å²) < 4.78 is 0.805. The zero-order valence-electron chi connectivity index (χ0n) is 11.6. The van der Waals surface area contributed by atoms with E-state index in [1.165, 1.54) is 5.39 Å². The molecule has 2 N–H and O–H groups in total. The molecule has 3 nitrogen and oxygen atoms in total. The number of aromatic nitrogens is 1. The van der Waals surface area contributed by atoms with Crippen molar-refractivity contribution >= 4 is 32.7 Å². The summed E-state index contributed by atoms with van der Waals surface area (Å²) in [5.74, 6) is -0.0761. The molecule has 0 aliphatic rings. The Morgan fingerprint density at radius 2 is 2.00 bits per heavy atom. The Bertz CT molecular complexity index is 807. The number of nitrogens with one attached hydrogen (secondary N) is 2. The van der Waals surface area contributed by atoms with Crippen LogP contribution < -0.4 is 5.32 Å². The highest BCUT2D eigenvalue weighted by Gasteiger charge is 2.08. The van der Waals surface area contributed by atoms with E-state index in [1.807, 2.05) is 37.3 Å². The normalized spacial score (nSPS) is 10.8. The Kier molecular flexibility index (Phi) is 3.80. The number of hydrogen-bond acceptors (Lipinski definition) is 1. The summed E-state index contributed by atoms with van der Waals surface area (Å²) in [4.78, 5) is 15.4. The summed E-state index contributed by atoms with van der Waals surface area (Å²) in [5, 5.41) is 4.12. The molecule has 0 spiro atoms. The van der Waals surface area contributed by atoms with Gasteiger partial charge in [-0.05, 0) is 64.1 Å². The minimum Gasteiger partial charge on any atom is -0.359 e. The van der Waals surface area contributed by atoms with E-state index in [-0.39, 0.29) is 5.91 Å². The number of H-pyrrole nitrogens is 1. The van der Waals surface area contributed by atoms with Gasteiger partial charge in [0, 0.05) is 22.2 Å². The molecule has 0 aliphatic carbocycles. The molecule has 21 heavy (non-hydrogen) atoms. The van der Waals surface area contributed by atoms with Gasteiger partial charge in [-0.25, -0.2) is 0 Å². The molecule has 0 saturated carbocycles. The van der Waals surface area contributed by atoms with E-state index in [4.69, 9.17) is 0 Å². The Balaban J connectivity index is 1.74. The van der Waals surface area contributed by atoms with Gasteiger partial charge in [-0.15, -0.1) is 0 Å². The molecule has 106 valence electrons. The minimum atomic E-state index is -0.0761. The second kappa shape index (κ2) is 5.74. The Hall–Kier alpha value is -2.07. The van der Waals surface area contributed by atoms with Crippen LogP contribution in [0.2, 0.25) is 0 Å². The molecule has 0 saturated heterocycles. The summed E-state index contributed by atoms with van der Waals surface area (Å²) in [6.45, 7) is 2.55. The van der Waals surface area contributed by atoms with Crippen LogP contribution in [-0.4, -0.2) is 10.9 Å². The fraction of sp³-hybridized carbons (Fsp3) is 0.118. The molecular weight excluding hydrogens is 328 g/mol. The number of carbonyl (C=O) groups excluding carboxylic acids is 1. The van der Waals surface area contributed by atoms with Gasteiger partial charge in [0.2, 0.25) is 0 Å². The van der Waals surface area contributed by atoms with Crippen LogP contribution in [0.15, 0.2) is 53.0 Å². The van der Waals surface area contributed by atoms with E-state index in [0.717, 1.165) is 21.2 Å². The zero-order valence-corrected chi connectivity index (χ0v) is 13.2. The van der Waals surface area contributed by atoms with Gasteiger partial charge >= 0.3 is 0 Å². The number of aryl methyl sites for hydroxylation is 1. The van der Waals surface area contributed by atoms with Crippen molar-refractivity contribution < 1.29 is 4.79 Å². The van der Waals surface area contributed by atoms with Crippen LogP contribution in [0, 0.1) is 6.92 Å². The lowest BCUT2D eigenvalue weighted by atomic mass is 10.1. The monoisotopic (exact) mass is 342 g/mol. The molecule has 0 aliphatic heterocycles. The van der Waals surface area contributed by atoms with Crippen LogP contribution in [-0.2, 0) is 6.54 Å². The molecule has 4 heteroatoms. The van der Waals surface area contributed by atoms with Gasteiger partial charge in [-0.3, -0.25) is 4.79 Å². The average Bonchev–Trinajstić information content (AvgIpc) is 2.84. The number of halogens is 1. The van der Waals surface area contributed by atoms with Crippen molar-refractivity contribution in [3.05, 3.63) is 69.8 Å². The first kappa shape index (κ1) is 13.9. The quantitative estimate of drug-likeness (QED) is 0.737. The van der Waals surface area contributed by atoms with Crippen molar-refractivity contribution in [2.75, 3.05) is 0 Å². The van der Waals surface area contributed by atoms with Crippen LogP contribution in [0.5, 0.6) is 0 Å². The van der Waals surface area contributed by atoms with Crippen LogP contribution in [0.3, 0.4) is 0 Å². The average molecular weight is 343 g/mol. The van der Waals surface area contributed by atoms with E-state index in [0.29, 0.717) is 12.1 Å². The largest absolute Gasteiger partial charge is 0.359 e. The first-order chi connectivity index (χ1) is 10.1. The van der Waals surface area contributed by atoms with Crippen molar-refractivity contribution in [1.82, 2.24) is 10.3 Å². The number of fused-ring (bicyclic) bond motifs is 1. The number of amides is 1. The van der Waals surface area contributed by atoms with Gasteiger partial charge in [-0.1, -0.05) is 18.2 Å². The third kappa shape index (κ3) is 3.00. The Morgan fingerprint density at radius 3 is 2.81 bits per heavy atom. The molecule has 0 unspecified atom stereocenters. The molecule has 1 amide bonds. The van der Waals surface area contributed by atoms with E-state index in [2.05, 4.69) is 38.4 Å². The highest BCUT2D eigenvalue weighted by atomic mass is 79.9. The van der Waals surface area contributed by atoms with Crippen molar-refractivity contribution in [1.29, 1.82) is 0 Å². The molecule has 0 bridgehead atoms. The summed E-state index contributed by atoms with van der Waals surface area (Å²) in [6.07, 6.45) is 0. The predicted molar refractivity (Wildman–Crippen MR) is 88.3 cm³/mol. The molecule has 0 radical (unpaired) electrons. The standard InChI is InChI=1S/C17H15BrN2O/c1-11-8-13-9-12(6-7-16(13)20-11)10-19-17(21)14-4-2-3-5-15(14)18/h2-9,20H,10H2,1H3,(H,19,21). The van der Waals surface area contributed by atoms with Crippen LogP contribution in [0.4, 0.5) is 0 Å². The molecule has 2 aromatic carbocycles. The second-order valence-electron chi connectivity index (χ2n) is 5.04. The van der Waals surface area contributed by atoms with Gasteiger partial charge < -0.3 is 10.3 Å². The van der Waals surface area contributed by atoms with Gasteiger partial charge in [0.25, 0.3) is 5.91 Å². The van der Waals surface area contributed by atoms with E-state index in [9.17, 15) is 4.79 Å². The van der Waals surface area contributed by atoms with E-state index >= 15 is 0 Å². The fourth-order valence-electron chi connectivity index (χ4n) is 2.36. The van der Waals surface area contributed by atoms with Crippen LogP contribution in [0.25, 0.3) is 10.9 Å². The molecular formula is C17H15BrN2O. The third-order valence-corrected chi connectivity index (χ3v) is 4.08. The van der Waals surface area contributed by atoms with Gasteiger partial charge in [-0.2, -0.15) is 0 Å². The smallest absolute Gasteiger partial charge is 0.252 e. The number of aromatic amines is 1. The maximum atomic E-state index is 12.2. The molecule has 0 atom stereocenters. The Labute approximate surface area is 131 Å². The number of hydrogen-bond donors (Lipinski definition) is 2. The maximum absolute atomic E-state index is 12.2. The Morgan fingerprint density at radius 1 is 1.19 bits per heavy atom. The third-order valence-electron chi connectivity index (χ3n) is 3.39. The summed E-state index contributed by atoms with van der Waals surface area (Å²) >= 11 is 3.39. The number of carbonyl (C=O) groups is 1. The fourth-order valence-corrected chi connectivity index (χ4v) is 2.82. The lowest BCUT2D eigenvalue weighted by Gasteiger charge is -2.07. The highest BCUT2D eigenvalue weighted by Crippen LogP contribution is 2.18. The van der Waals surface area contributed by atoms with Crippen molar-refractivity contribution in [3.8, 4) is 0 Å². The molecule has 3 aromatic rings. The van der Waals surface area contributed by atoms with Crippen LogP contribution in [0.1, 0.15) is 21.6 Å². The SMILES string of the molecule is Cc1cc2cc(CNC(=O)c3ccccc3Br)ccc2[nH]1. The molecule has 1 aromatic heterocycles. The zero-order chi connectivity index (χ0) is 14.8. The lowest BCUT2D eigenvalue weighted by Crippen LogP contribution is -2.23.